The van der Waals surface area contributed by atoms with E-state index in [-0.39, 0.29) is 75.4 Å². The standard InChI is InChI=1S/C47H65F3N10O10S2/c1-7-31-24-33(61)27-59(31)37(64)19-20-46(4,5)72-71-23-22-52-35(62)12-10-8-9-11-21-51-36(63)18-17-34(43(68)70-6)55-41(66)29-13-15-32(16-14-29)60(44(69)47(48,49)50)26-30-25-53-39-38(54-30)42(67)58-45(56-39)57-40(65)28(2)3/h13-16,25,28,31,33-34,61H,7-12,17-24,26-27H2,1-6H3,(H,51,63)(H,52,62)(H,55,66)(H2,53,56,57,58,65,67)/t31-,33-,34+/m1/s1. The van der Waals surface area contributed by atoms with Gasteiger partial charge in [0.1, 0.15) is 6.04 Å². The Bertz CT molecular complexity index is 2430. The highest BCUT2D eigenvalue weighted by molar-refractivity contribution is 8.77. The second-order valence-electron chi connectivity index (χ2n) is 18.1. The number of hydrogen-bond donors (Lipinski definition) is 6. The lowest BCUT2D eigenvalue weighted by Gasteiger charge is -2.27. The van der Waals surface area contributed by atoms with Crippen LogP contribution in [0.4, 0.5) is 24.8 Å². The van der Waals surface area contributed by atoms with Crippen LogP contribution in [-0.2, 0) is 40.0 Å². The van der Waals surface area contributed by atoms with Gasteiger partial charge >= 0.3 is 18.1 Å². The number of benzene rings is 1. The van der Waals surface area contributed by atoms with Crippen molar-refractivity contribution >= 4 is 85.8 Å². The molecule has 0 aliphatic carbocycles. The van der Waals surface area contributed by atoms with E-state index in [0.29, 0.717) is 68.8 Å². The molecule has 396 valence electrons. The molecular weight excluding hydrogens is 986 g/mol. The second-order valence-corrected chi connectivity index (χ2v) is 21.3. The van der Waals surface area contributed by atoms with Crippen LogP contribution in [0.3, 0.4) is 0 Å². The maximum atomic E-state index is 13.8. The molecule has 1 fully saturated rings. The van der Waals surface area contributed by atoms with Gasteiger partial charge in [-0.15, -0.1) is 0 Å². The Morgan fingerprint density at radius 2 is 1.64 bits per heavy atom. The number of aromatic nitrogens is 4. The fourth-order valence-corrected chi connectivity index (χ4v) is 9.91. The average Bonchev–Trinajstić information content (AvgIpc) is 3.73. The van der Waals surface area contributed by atoms with Crippen LogP contribution in [0.25, 0.3) is 11.2 Å². The van der Waals surface area contributed by atoms with Crippen molar-refractivity contribution in [1.82, 2.24) is 40.8 Å². The number of rotatable bonds is 27. The molecule has 2 aromatic heterocycles. The second kappa shape index (κ2) is 27.9. The number of esters is 1. The largest absolute Gasteiger partial charge is 0.471 e. The molecule has 1 aromatic carbocycles. The molecule has 0 saturated carbocycles. The number of likely N-dealkylation sites (tertiary alicyclic amines) is 1. The number of nitrogens with one attached hydrogen (secondary N) is 5. The van der Waals surface area contributed by atoms with E-state index in [1.165, 1.54) is 0 Å². The van der Waals surface area contributed by atoms with E-state index in [1.54, 1.807) is 35.4 Å². The summed E-state index contributed by atoms with van der Waals surface area (Å²) >= 11 is 0. The van der Waals surface area contributed by atoms with E-state index in [2.05, 4.69) is 55.1 Å². The number of anilines is 2. The van der Waals surface area contributed by atoms with E-state index in [0.717, 1.165) is 56.8 Å². The van der Waals surface area contributed by atoms with Gasteiger partial charge < -0.3 is 30.7 Å². The number of carbonyl (C=O) groups is 7. The normalized spacial score (nSPS) is 15.2. The van der Waals surface area contributed by atoms with Crippen LogP contribution < -0.4 is 31.7 Å². The Kier molecular flexibility index (Phi) is 22.7. The van der Waals surface area contributed by atoms with Gasteiger partial charge in [-0.2, -0.15) is 18.2 Å². The number of unbranched alkanes of at least 4 members (excludes halogenated alkanes) is 3. The lowest BCUT2D eigenvalue weighted by molar-refractivity contribution is -0.170. The van der Waals surface area contributed by atoms with Gasteiger partial charge in [-0.25, -0.2) is 14.8 Å². The summed E-state index contributed by atoms with van der Waals surface area (Å²) in [5, 5.41) is 20.6. The highest BCUT2D eigenvalue weighted by atomic mass is 33.1. The quantitative estimate of drug-likeness (QED) is 0.0335. The molecule has 6 amide bonds. The van der Waals surface area contributed by atoms with Gasteiger partial charge in [0.2, 0.25) is 29.6 Å². The minimum atomic E-state index is -5.34. The van der Waals surface area contributed by atoms with Crippen molar-refractivity contribution in [3.8, 4) is 0 Å². The summed E-state index contributed by atoms with van der Waals surface area (Å²) < 4.78 is 46.1. The molecule has 1 aliphatic heterocycles. The third-order valence-electron chi connectivity index (χ3n) is 11.5. The summed E-state index contributed by atoms with van der Waals surface area (Å²) in [5.41, 5.74) is -2.05. The minimum Gasteiger partial charge on any atom is -0.467 e. The number of H-pyrrole nitrogens is 1. The van der Waals surface area contributed by atoms with Gasteiger partial charge in [-0.05, 0) is 76.6 Å². The molecule has 20 nitrogen and oxygen atoms in total. The number of fused-ring (bicyclic) bond motifs is 1. The molecule has 1 saturated heterocycles. The summed E-state index contributed by atoms with van der Waals surface area (Å²) in [6.07, 6.45) is 0.774. The molecule has 0 unspecified atom stereocenters. The maximum Gasteiger partial charge on any atom is 0.471 e. The van der Waals surface area contributed by atoms with Crippen molar-refractivity contribution in [2.45, 2.75) is 141 Å². The number of aliphatic hydroxyl groups excluding tert-OH is 1. The summed E-state index contributed by atoms with van der Waals surface area (Å²) in [6.45, 7) is 9.93. The molecule has 25 heteroatoms. The number of halogens is 3. The number of aliphatic hydroxyl groups is 1. The van der Waals surface area contributed by atoms with Crippen molar-refractivity contribution in [1.29, 1.82) is 0 Å². The molecule has 3 atom stereocenters. The van der Waals surface area contributed by atoms with Crippen molar-refractivity contribution in [3.63, 3.8) is 0 Å². The molecule has 0 bridgehead atoms. The SMILES string of the molecule is CC[C@@H]1C[C@@H](O)CN1C(=O)CCC(C)(C)SSCCNC(=O)CCCCCCNC(=O)CC[C@H](NC(=O)c1ccc(N(Cc2cnc3nc(NC(=O)C(C)C)[nH]c(=O)c3n2)C(=O)C(F)(F)F)cc1)C(=O)OC. The number of β-amino-alcohol motifs (C(OH)–C–C–N with tert-alkyl or cyclic N) is 1. The number of nitrogens with zero attached hydrogens (tertiary/aromatic N) is 5. The fraction of sp³-hybridized carbons (Fsp3) is 0.596. The minimum absolute atomic E-state index is 0.0418. The van der Waals surface area contributed by atoms with Gasteiger partial charge in [-0.3, -0.25) is 48.8 Å². The Morgan fingerprint density at radius 1 is 0.958 bits per heavy atom. The van der Waals surface area contributed by atoms with E-state index >= 15 is 0 Å². The Labute approximate surface area is 423 Å². The molecule has 3 heterocycles. The van der Waals surface area contributed by atoms with Crippen LogP contribution in [0.5, 0.6) is 0 Å². The molecule has 0 radical (unpaired) electrons. The highest BCUT2D eigenvalue weighted by Crippen LogP contribution is 2.39. The summed E-state index contributed by atoms with van der Waals surface area (Å²) in [7, 11) is 4.45. The zero-order valence-corrected chi connectivity index (χ0v) is 43.0. The first-order valence-corrected chi connectivity index (χ1v) is 26.1. The number of amides is 6. The van der Waals surface area contributed by atoms with E-state index in [9.17, 15) is 56.6 Å². The van der Waals surface area contributed by atoms with Crippen LogP contribution in [0.2, 0.25) is 0 Å². The third kappa shape index (κ3) is 18.7. The van der Waals surface area contributed by atoms with Crippen molar-refractivity contribution in [2.75, 3.05) is 42.7 Å². The summed E-state index contributed by atoms with van der Waals surface area (Å²) in [4.78, 5) is 117. The van der Waals surface area contributed by atoms with Gasteiger partial charge in [0.25, 0.3) is 11.5 Å². The number of carbonyl (C=O) groups excluding carboxylic acids is 7. The maximum absolute atomic E-state index is 13.8. The van der Waals surface area contributed by atoms with Crippen LogP contribution >= 0.6 is 21.6 Å². The first-order chi connectivity index (χ1) is 34.0. The highest BCUT2D eigenvalue weighted by Gasteiger charge is 2.43. The smallest absolute Gasteiger partial charge is 0.467 e. The predicted molar refractivity (Wildman–Crippen MR) is 266 cm³/mol. The zero-order valence-electron chi connectivity index (χ0n) is 41.3. The number of alkyl halides is 3. The number of methoxy groups -OCH3 is 1. The molecule has 6 N–H and O–H groups in total. The lowest BCUT2D eigenvalue weighted by Crippen LogP contribution is -2.42. The topological polar surface area (TPSA) is 275 Å². The summed E-state index contributed by atoms with van der Waals surface area (Å²) in [6, 6.07) is 3.25. The van der Waals surface area contributed by atoms with E-state index < -0.39 is 60.0 Å². The molecular formula is C47H65F3N10O10S2. The Hall–Kier alpha value is -5.82. The molecule has 1 aliphatic rings. The lowest BCUT2D eigenvalue weighted by atomic mass is 10.1. The Morgan fingerprint density at radius 3 is 2.31 bits per heavy atom. The third-order valence-corrected chi connectivity index (χ3v) is 14.9. The molecule has 3 aromatic rings. The van der Waals surface area contributed by atoms with Crippen LogP contribution in [0, 0.1) is 5.92 Å². The number of hydrogen-bond acceptors (Lipinski definition) is 15. The van der Waals surface area contributed by atoms with Gasteiger partial charge in [0, 0.05) is 72.6 Å². The first kappa shape index (κ1) is 58.7. The van der Waals surface area contributed by atoms with Crippen LogP contribution in [-0.4, -0.2) is 133 Å². The molecule has 72 heavy (non-hydrogen) atoms. The Balaban J connectivity index is 1.16. The van der Waals surface area contributed by atoms with Crippen molar-refractivity contribution < 1.29 is 56.6 Å². The van der Waals surface area contributed by atoms with Crippen LogP contribution in [0.15, 0.2) is 35.3 Å². The molecule has 0 spiro atoms. The van der Waals surface area contributed by atoms with Crippen molar-refractivity contribution in [3.05, 3.63) is 52.1 Å². The number of aromatic amines is 1. The first-order valence-electron chi connectivity index (χ1n) is 23.8. The average molecular weight is 1050 g/mol. The molecule has 4 rings (SSSR count). The van der Waals surface area contributed by atoms with Gasteiger partial charge in [0.05, 0.1) is 31.6 Å². The van der Waals surface area contributed by atoms with Gasteiger partial charge in [-0.1, -0.05) is 55.2 Å². The zero-order chi connectivity index (χ0) is 53.2. The van der Waals surface area contributed by atoms with Crippen molar-refractivity contribution in [2.24, 2.45) is 5.92 Å². The van der Waals surface area contributed by atoms with Gasteiger partial charge in [0.15, 0.2) is 11.2 Å². The van der Waals surface area contributed by atoms with Crippen LogP contribution in [0.1, 0.15) is 121 Å². The fourth-order valence-electron chi connectivity index (χ4n) is 7.43. The van der Waals surface area contributed by atoms with E-state index in [1.807, 2.05) is 11.8 Å². The summed E-state index contributed by atoms with van der Waals surface area (Å²) in [5.74, 6) is -4.66. The monoisotopic (exact) mass is 1050 g/mol. The van der Waals surface area contributed by atoms with E-state index in [4.69, 9.17) is 4.74 Å². The number of ether oxygens (including phenoxy) is 1. The predicted octanol–water partition coefficient (Wildman–Crippen LogP) is 4.95.